The Morgan fingerprint density at radius 2 is 2.25 bits per heavy atom. The summed E-state index contributed by atoms with van der Waals surface area (Å²) in [4.78, 5) is 11.3. The molecule has 0 saturated carbocycles. The SMILES string of the molecule is COC(=O)C(O)C1CCCc2ccccc21. The van der Waals surface area contributed by atoms with Crippen molar-refractivity contribution in [1.29, 1.82) is 0 Å². The molecular weight excluding hydrogens is 204 g/mol. The lowest BCUT2D eigenvalue weighted by atomic mass is 9.80. The minimum absolute atomic E-state index is 0.114. The summed E-state index contributed by atoms with van der Waals surface area (Å²) in [6.45, 7) is 0. The summed E-state index contributed by atoms with van der Waals surface area (Å²) in [7, 11) is 1.31. The lowest BCUT2D eigenvalue weighted by Gasteiger charge is -2.27. The Hall–Kier alpha value is -1.35. The number of ether oxygens (including phenoxy) is 1. The predicted molar refractivity (Wildman–Crippen MR) is 60.1 cm³/mol. The Morgan fingerprint density at radius 1 is 1.50 bits per heavy atom. The van der Waals surface area contributed by atoms with Gasteiger partial charge in [-0.05, 0) is 30.4 Å². The third-order valence-electron chi connectivity index (χ3n) is 3.24. The van der Waals surface area contributed by atoms with E-state index in [-0.39, 0.29) is 5.92 Å². The molecule has 0 spiro atoms. The van der Waals surface area contributed by atoms with Gasteiger partial charge in [0.15, 0.2) is 6.10 Å². The zero-order valence-corrected chi connectivity index (χ0v) is 9.35. The molecule has 0 aromatic heterocycles. The quantitative estimate of drug-likeness (QED) is 0.771. The first kappa shape index (κ1) is 11.1. The molecule has 3 heteroatoms. The standard InChI is InChI=1S/C13H16O3/c1-16-13(15)12(14)11-8-4-6-9-5-2-3-7-10(9)11/h2-3,5,7,11-12,14H,4,6,8H2,1H3. The van der Waals surface area contributed by atoms with Gasteiger partial charge in [0.1, 0.15) is 0 Å². The van der Waals surface area contributed by atoms with E-state index >= 15 is 0 Å². The fraction of sp³-hybridized carbons (Fsp3) is 0.462. The summed E-state index contributed by atoms with van der Waals surface area (Å²) in [6.07, 6.45) is 1.84. The van der Waals surface area contributed by atoms with Crippen LogP contribution >= 0.6 is 0 Å². The minimum Gasteiger partial charge on any atom is -0.467 e. The van der Waals surface area contributed by atoms with Crippen molar-refractivity contribution in [2.45, 2.75) is 31.3 Å². The van der Waals surface area contributed by atoms with Crippen LogP contribution in [0.5, 0.6) is 0 Å². The number of benzene rings is 1. The molecule has 1 aliphatic rings. The van der Waals surface area contributed by atoms with Gasteiger partial charge in [0.25, 0.3) is 0 Å². The van der Waals surface area contributed by atoms with Crippen molar-refractivity contribution in [3.05, 3.63) is 35.4 Å². The first-order valence-electron chi connectivity index (χ1n) is 5.57. The second-order valence-corrected chi connectivity index (χ2v) is 4.17. The number of carbonyl (C=O) groups is 1. The van der Waals surface area contributed by atoms with Gasteiger partial charge in [-0.15, -0.1) is 0 Å². The Kier molecular flexibility index (Phi) is 3.25. The van der Waals surface area contributed by atoms with Crippen LogP contribution in [-0.4, -0.2) is 24.3 Å². The molecule has 3 nitrogen and oxygen atoms in total. The molecule has 2 atom stereocenters. The summed E-state index contributed by atoms with van der Waals surface area (Å²) < 4.78 is 4.59. The first-order valence-corrected chi connectivity index (χ1v) is 5.57. The van der Waals surface area contributed by atoms with Crippen LogP contribution in [0, 0.1) is 0 Å². The number of carbonyl (C=O) groups excluding carboxylic acids is 1. The van der Waals surface area contributed by atoms with Gasteiger partial charge < -0.3 is 9.84 Å². The Bertz CT molecular complexity index is 387. The van der Waals surface area contributed by atoms with Gasteiger partial charge in [0, 0.05) is 5.92 Å². The zero-order chi connectivity index (χ0) is 11.5. The molecule has 0 heterocycles. The molecule has 0 fully saturated rings. The second-order valence-electron chi connectivity index (χ2n) is 4.17. The van der Waals surface area contributed by atoms with Crippen molar-refractivity contribution < 1.29 is 14.6 Å². The average Bonchev–Trinajstić information content (AvgIpc) is 2.36. The Labute approximate surface area is 95.0 Å². The molecule has 1 aromatic carbocycles. The molecule has 2 unspecified atom stereocenters. The molecule has 0 bridgehead atoms. The van der Waals surface area contributed by atoms with Crippen molar-refractivity contribution in [3.8, 4) is 0 Å². The molecular formula is C13H16O3. The highest BCUT2D eigenvalue weighted by Crippen LogP contribution is 2.34. The van der Waals surface area contributed by atoms with Gasteiger partial charge >= 0.3 is 5.97 Å². The number of hydrogen-bond donors (Lipinski definition) is 1. The van der Waals surface area contributed by atoms with E-state index in [4.69, 9.17) is 0 Å². The van der Waals surface area contributed by atoms with E-state index in [0.717, 1.165) is 24.8 Å². The largest absolute Gasteiger partial charge is 0.467 e. The average molecular weight is 220 g/mol. The predicted octanol–water partition coefficient (Wildman–Crippen LogP) is 1.64. The zero-order valence-electron chi connectivity index (χ0n) is 9.35. The third kappa shape index (κ3) is 1.95. The maximum atomic E-state index is 11.3. The van der Waals surface area contributed by atoms with Gasteiger partial charge in [-0.1, -0.05) is 24.3 Å². The Balaban J connectivity index is 2.28. The van der Waals surface area contributed by atoms with E-state index in [9.17, 15) is 9.90 Å². The number of rotatable bonds is 2. The van der Waals surface area contributed by atoms with Gasteiger partial charge in [-0.25, -0.2) is 4.79 Å². The smallest absolute Gasteiger partial charge is 0.335 e. The fourth-order valence-corrected chi connectivity index (χ4v) is 2.40. The lowest BCUT2D eigenvalue weighted by Crippen LogP contribution is -2.31. The fourth-order valence-electron chi connectivity index (χ4n) is 2.40. The van der Waals surface area contributed by atoms with E-state index < -0.39 is 12.1 Å². The van der Waals surface area contributed by atoms with Crippen LogP contribution in [0.2, 0.25) is 0 Å². The molecule has 0 saturated heterocycles. The van der Waals surface area contributed by atoms with E-state index in [0.29, 0.717) is 0 Å². The lowest BCUT2D eigenvalue weighted by molar-refractivity contribution is -0.151. The van der Waals surface area contributed by atoms with E-state index in [1.165, 1.54) is 12.7 Å². The number of aliphatic hydroxyl groups is 1. The number of methoxy groups -OCH3 is 1. The van der Waals surface area contributed by atoms with Crippen molar-refractivity contribution in [3.63, 3.8) is 0 Å². The maximum absolute atomic E-state index is 11.3. The molecule has 0 amide bonds. The van der Waals surface area contributed by atoms with Crippen LogP contribution in [0.15, 0.2) is 24.3 Å². The molecule has 1 aromatic rings. The van der Waals surface area contributed by atoms with Crippen molar-refractivity contribution >= 4 is 5.97 Å². The minimum atomic E-state index is -1.04. The van der Waals surface area contributed by atoms with Gasteiger partial charge in [0.05, 0.1) is 7.11 Å². The monoisotopic (exact) mass is 220 g/mol. The van der Waals surface area contributed by atoms with Crippen LogP contribution in [0.25, 0.3) is 0 Å². The van der Waals surface area contributed by atoms with Crippen LogP contribution in [0.1, 0.15) is 29.9 Å². The normalized spacial score (nSPS) is 21.0. The summed E-state index contributed by atoms with van der Waals surface area (Å²) in [5.41, 5.74) is 2.33. The number of aliphatic hydroxyl groups excluding tert-OH is 1. The number of fused-ring (bicyclic) bond motifs is 1. The third-order valence-corrected chi connectivity index (χ3v) is 3.24. The molecule has 0 aliphatic heterocycles. The number of hydrogen-bond acceptors (Lipinski definition) is 3. The van der Waals surface area contributed by atoms with E-state index in [1.54, 1.807) is 0 Å². The first-order chi connectivity index (χ1) is 7.74. The molecule has 0 radical (unpaired) electrons. The van der Waals surface area contributed by atoms with E-state index in [1.807, 2.05) is 18.2 Å². The summed E-state index contributed by atoms with van der Waals surface area (Å²) in [5, 5.41) is 9.91. The van der Waals surface area contributed by atoms with Crippen molar-refractivity contribution in [2.75, 3.05) is 7.11 Å². The Morgan fingerprint density at radius 3 is 3.00 bits per heavy atom. The van der Waals surface area contributed by atoms with E-state index in [2.05, 4.69) is 10.8 Å². The van der Waals surface area contributed by atoms with Crippen LogP contribution < -0.4 is 0 Å². The van der Waals surface area contributed by atoms with Crippen molar-refractivity contribution in [1.82, 2.24) is 0 Å². The molecule has 16 heavy (non-hydrogen) atoms. The molecule has 1 aliphatic carbocycles. The topological polar surface area (TPSA) is 46.5 Å². The highest BCUT2D eigenvalue weighted by atomic mass is 16.5. The van der Waals surface area contributed by atoms with Crippen LogP contribution in [-0.2, 0) is 16.0 Å². The summed E-state index contributed by atoms with van der Waals surface area (Å²) in [5.74, 6) is -0.654. The molecule has 86 valence electrons. The summed E-state index contributed by atoms with van der Waals surface area (Å²) in [6, 6.07) is 7.99. The maximum Gasteiger partial charge on any atom is 0.335 e. The second kappa shape index (κ2) is 4.66. The van der Waals surface area contributed by atoms with Crippen LogP contribution in [0.3, 0.4) is 0 Å². The van der Waals surface area contributed by atoms with Crippen LogP contribution in [0.4, 0.5) is 0 Å². The highest BCUT2D eigenvalue weighted by molar-refractivity contribution is 5.75. The molecule has 2 rings (SSSR count). The number of esters is 1. The highest BCUT2D eigenvalue weighted by Gasteiger charge is 2.31. The number of aryl methyl sites for hydroxylation is 1. The van der Waals surface area contributed by atoms with Crippen molar-refractivity contribution in [2.24, 2.45) is 0 Å². The van der Waals surface area contributed by atoms with Gasteiger partial charge in [-0.2, -0.15) is 0 Å². The van der Waals surface area contributed by atoms with Gasteiger partial charge in [-0.3, -0.25) is 0 Å². The molecule has 1 N–H and O–H groups in total. The van der Waals surface area contributed by atoms with Gasteiger partial charge in [0.2, 0.25) is 0 Å². The summed E-state index contributed by atoms with van der Waals surface area (Å²) >= 11 is 0.